The van der Waals surface area contributed by atoms with Gasteiger partial charge >= 0.3 is 0 Å². The summed E-state index contributed by atoms with van der Waals surface area (Å²) in [5.74, 6) is -0.482. The van der Waals surface area contributed by atoms with Crippen LogP contribution in [-0.2, 0) is 28.4 Å². The van der Waals surface area contributed by atoms with Gasteiger partial charge in [0.2, 0.25) is 0 Å². The van der Waals surface area contributed by atoms with Crippen LogP contribution in [0.2, 0.25) is 0 Å². The van der Waals surface area contributed by atoms with Crippen LogP contribution in [0.1, 0.15) is 58.2 Å². The maximum atomic E-state index is 12.3. The molecule has 28 heavy (non-hydrogen) atoms. The molecule has 0 atom stereocenters. The van der Waals surface area contributed by atoms with E-state index in [1.165, 1.54) is 7.05 Å². The van der Waals surface area contributed by atoms with Crippen molar-refractivity contribution < 1.29 is 18.0 Å². The van der Waals surface area contributed by atoms with Gasteiger partial charge in [-0.1, -0.05) is 30.3 Å². The number of aryl methyl sites for hydroxylation is 2. The number of nitrogens with zero attached hydrogens (tertiary/aromatic N) is 1. The molecular weight excluding hydrogens is 374 g/mol. The minimum absolute atomic E-state index is 0.0330. The maximum Gasteiger partial charge on any atom is 0.261 e. The number of fused-ring (bicyclic) bond motifs is 1. The highest BCUT2D eigenvalue weighted by atomic mass is 32.2. The summed E-state index contributed by atoms with van der Waals surface area (Å²) in [6.07, 6.45) is 1.50. The Bertz CT molecular complexity index is 1030. The molecular formula is C22H25NO4S. The lowest BCUT2D eigenvalue weighted by molar-refractivity contribution is 0.0693. The predicted molar refractivity (Wildman–Crippen MR) is 109 cm³/mol. The van der Waals surface area contributed by atoms with Crippen LogP contribution in [0.3, 0.4) is 0 Å². The van der Waals surface area contributed by atoms with Crippen molar-refractivity contribution in [2.24, 2.45) is 0 Å². The Balaban J connectivity index is 1.67. The fraction of sp³-hybridized carbons (Fsp3) is 0.364. The SMILES string of the molecule is CN1C(=O)c2ccc(CCc3ccc(CS(=O)(=O)C(C)(C)C)cc3)cc2C1=O. The summed E-state index contributed by atoms with van der Waals surface area (Å²) < 4.78 is 23.9. The van der Waals surface area contributed by atoms with Crippen molar-refractivity contribution in [3.8, 4) is 0 Å². The van der Waals surface area contributed by atoms with Crippen molar-refractivity contribution >= 4 is 21.7 Å². The average Bonchev–Trinajstić information content (AvgIpc) is 2.84. The van der Waals surface area contributed by atoms with Gasteiger partial charge in [-0.15, -0.1) is 0 Å². The van der Waals surface area contributed by atoms with Gasteiger partial charge in [0.15, 0.2) is 9.84 Å². The topological polar surface area (TPSA) is 71.5 Å². The van der Waals surface area contributed by atoms with Gasteiger partial charge in [-0.2, -0.15) is 0 Å². The third-order valence-corrected chi connectivity index (χ3v) is 7.75. The summed E-state index contributed by atoms with van der Waals surface area (Å²) in [6, 6.07) is 13.0. The smallest absolute Gasteiger partial charge is 0.261 e. The second kappa shape index (κ2) is 7.17. The van der Waals surface area contributed by atoms with E-state index < -0.39 is 14.6 Å². The zero-order valence-corrected chi connectivity index (χ0v) is 17.5. The first-order valence-electron chi connectivity index (χ1n) is 9.25. The van der Waals surface area contributed by atoms with Crippen molar-refractivity contribution in [2.75, 3.05) is 7.05 Å². The summed E-state index contributed by atoms with van der Waals surface area (Å²) in [6.45, 7) is 5.14. The van der Waals surface area contributed by atoms with Crippen LogP contribution in [-0.4, -0.2) is 36.9 Å². The van der Waals surface area contributed by atoms with Gasteiger partial charge in [-0.05, 0) is 62.4 Å². The molecule has 0 aromatic heterocycles. The van der Waals surface area contributed by atoms with Gasteiger partial charge in [0, 0.05) is 7.05 Å². The summed E-state index contributed by atoms with van der Waals surface area (Å²) in [7, 11) is -1.71. The van der Waals surface area contributed by atoms with Gasteiger partial charge < -0.3 is 0 Å². The molecule has 0 aliphatic carbocycles. The molecule has 2 aromatic rings. The monoisotopic (exact) mass is 399 g/mol. The Morgan fingerprint density at radius 2 is 1.29 bits per heavy atom. The molecule has 6 heteroatoms. The van der Waals surface area contributed by atoms with E-state index in [1.54, 1.807) is 32.9 Å². The van der Waals surface area contributed by atoms with E-state index in [1.807, 2.05) is 30.3 Å². The highest BCUT2D eigenvalue weighted by molar-refractivity contribution is 7.91. The highest BCUT2D eigenvalue weighted by Gasteiger charge is 2.32. The van der Waals surface area contributed by atoms with Crippen molar-refractivity contribution in [1.29, 1.82) is 0 Å². The minimum Gasteiger partial charge on any atom is -0.277 e. The maximum absolute atomic E-state index is 12.3. The molecule has 5 nitrogen and oxygen atoms in total. The van der Waals surface area contributed by atoms with E-state index >= 15 is 0 Å². The van der Waals surface area contributed by atoms with Crippen LogP contribution >= 0.6 is 0 Å². The molecule has 2 aromatic carbocycles. The summed E-state index contributed by atoms with van der Waals surface area (Å²) in [5.41, 5.74) is 3.79. The first kappa shape index (κ1) is 20.3. The Hall–Kier alpha value is -2.47. The number of amides is 2. The fourth-order valence-corrected chi connectivity index (χ4v) is 4.15. The minimum atomic E-state index is -3.20. The van der Waals surface area contributed by atoms with Crippen LogP contribution in [0.25, 0.3) is 0 Å². The van der Waals surface area contributed by atoms with Crippen molar-refractivity contribution in [3.05, 3.63) is 70.3 Å². The summed E-state index contributed by atoms with van der Waals surface area (Å²) in [4.78, 5) is 25.2. The van der Waals surface area contributed by atoms with E-state index in [4.69, 9.17) is 0 Å². The van der Waals surface area contributed by atoms with E-state index in [9.17, 15) is 18.0 Å². The largest absolute Gasteiger partial charge is 0.277 e. The van der Waals surface area contributed by atoms with Crippen LogP contribution in [0.15, 0.2) is 42.5 Å². The van der Waals surface area contributed by atoms with Crippen LogP contribution < -0.4 is 0 Å². The lowest BCUT2D eigenvalue weighted by Crippen LogP contribution is -2.29. The Labute approximate surface area is 166 Å². The Kier molecular flexibility index (Phi) is 5.19. The third kappa shape index (κ3) is 3.87. The molecule has 2 amide bonds. The molecule has 0 saturated heterocycles. The lowest BCUT2D eigenvalue weighted by atomic mass is 10.00. The molecule has 0 spiro atoms. The fourth-order valence-electron chi connectivity index (χ4n) is 3.09. The lowest BCUT2D eigenvalue weighted by Gasteiger charge is -2.19. The van der Waals surface area contributed by atoms with Crippen molar-refractivity contribution in [3.63, 3.8) is 0 Å². The first-order valence-corrected chi connectivity index (χ1v) is 10.9. The number of benzene rings is 2. The first-order chi connectivity index (χ1) is 13.0. The van der Waals surface area contributed by atoms with E-state index in [2.05, 4.69) is 0 Å². The number of imide groups is 1. The number of carbonyl (C=O) groups is 2. The predicted octanol–water partition coefficient (Wildman–Crippen LogP) is 3.41. The normalized spacial score (nSPS) is 14.5. The highest BCUT2D eigenvalue weighted by Crippen LogP contribution is 2.24. The van der Waals surface area contributed by atoms with Gasteiger partial charge in [-0.3, -0.25) is 14.5 Å². The number of carbonyl (C=O) groups excluding carboxylic acids is 2. The number of hydrogen-bond acceptors (Lipinski definition) is 4. The van der Waals surface area contributed by atoms with Gasteiger partial charge in [0.05, 0.1) is 21.6 Å². The second-order valence-electron chi connectivity index (χ2n) is 8.24. The van der Waals surface area contributed by atoms with Crippen LogP contribution in [0.4, 0.5) is 0 Å². The molecule has 3 rings (SSSR count). The number of rotatable bonds is 5. The summed E-state index contributed by atoms with van der Waals surface area (Å²) in [5, 5.41) is 0. The van der Waals surface area contributed by atoms with Gasteiger partial charge in [-0.25, -0.2) is 8.42 Å². The molecule has 0 unspecified atom stereocenters. The van der Waals surface area contributed by atoms with Gasteiger partial charge in [0.1, 0.15) is 0 Å². The molecule has 0 saturated carbocycles. The van der Waals surface area contributed by atoms with Gasteiger partial charge in [0.25, 0.3) is 11.8 Å². The zero-order chi connectivity index (χ0) is 20.7. The molecule has 0 radical (unpaired) electrons. The molecule has 0 fully saturated rings. The van der Waals surface area contributed by atoms with E-state index in [0.717, 1.165) is 34.4 Å². The molecule has 1 aliphatic rings. The Morgan fingerprint density at radius 1 is 0.786 bits per heavy atom. The number of sulfone groups is 1. The second-order valence-corrected chi connectivity index (χ2v) is 11.0. The zero-order valence-electron chi connectivity index (χ0n) is 16.7. The van der Waals surface area contributed by atoms with Crippen molar-refractivity contribution in [1.82, 2.24) is 4.90 Å². The van der Waals surface area contributed by atoms with Crippen LogP contribution in [0.5, 0.6) is 0 Å². The standard InChI is InChI=1S/C22H25NO4S/c1-22(2,3)28(26,27)14-17-9-6-15(7-10-17)5-8-16-11-12-18-19(13-16)21(25)23(4)20(18)24/h6-7,9-13H,5,8,14H2,1-4H3. The molecule has 1 aliphatic heterocycles. The quantitative estimate of drug-likeness (QED) is 0.723. The summed E-state index contributed by atoms with van der Waals surface area (Å²) >= 11 is 0. The molecule has 0 bridgehead atoms. The number of hydrogen-bond donors (Lipinski definition) is 0. The Morgan fingerprint density at radius 3 is 1.89 bits per heavy atom. The van der Waals surface area contributed by atoms with E-state index in [0.29, 0.717) is 11.1 Å². The average molecular weight is 400 g/mol. The van der Waals surface area contributed by atoms with Crippen LogP contribution in [0, 0.1) is 0 Å². The molecule has 1 heterocycles. The molecule has 0 N–H and O–H groups in total. The third-order valence-electron chi connectivity index (χ3n) is 5.17. The molecule has 148 valence electrons. The van der Waals surface area contributed by atoms with Crippen molar-refractivity contribution in [2.45, 2.75) is 44.1 Å². The van der Waals surface area contributed by atoms with E-state index in [-0.39, 0.29) is 17.6 Å².